The number of ether oxygens (including phenoxy) is 1. The summed E-state index contributed by atoms with van der Waals surface area (Å²) >= 11 is 5.91. The van der Waals surface area contributed by atoms with Crippen LogP contribution in [0.25, 0.3) is 0 Å². The molecule has 5 heteroatoms. The molecule has 104 valence electrons. The molecule has 1 aliphatic heterocycles. The maximum atomic E-state index is 12.1. The summed E-state index contributed by atoms with van der Waals surface area (Å²) < 4.78 is 5.17. The number of benzene rings is 1. The molecule has 0 radical (unpaired) electrons. The van der Waals surface area contributed by atoms with E-state index in [0.717, 1.165) is 19.5 Å². The third kappa shape index (κ3) is 3.85. The Morgan fingerprint density at radius 3 is 3.11 bits per heavy atom. The minimum absolute atomic E-state index is 0.134. The quantitative estimate of drug-likeness (QED) is 0.869. The molecule has 1 amide bonds. The summed E-state index contributed by atoms with van der Waals surface area (Å²) in [5, 5.41) is 6.77. The lowest BCUT2D eigenvalue weighted by atomic mass is 10.1. The zero-order valence-corrected chi connectivity index (χ0v) is 11.8. The molecule has 4 nitrogen and oxygen atoms in total. The molecule has 0 aliphatic carbocycles. The first kappa shape index (κ1) is 14.2. The van der Waals surface area contributed by atoms with E-state index in [1.165, 1.54) is 6.42 Å². The lowest BCUT2D eigenvalue weighted by Crippen LogP contribution is -2.26. The molecule has 1 unspecified atom stereocenters. The van der Waals surface area contributed by atoms with Gasteiger partial charge in [0.1, 0.15) is 5.75 Å². The van der Waals surface area contributed by atoms with Gasteiger partial charge in [-0.05, 0) is 50.0 Å². The number of hydrogen-bond acceptors (Lipinski definition) is 3. The number of carbonyl (C=O) groups is 1. The fraction of sp³-hybridized carbons (Fsp3) is 0.500. The van der Waals surface area contributed by atoms with Crippen molar-refractivity contribution in [1.29, 1.82) is 0 Å². The van der Waals surface area contributed by atoms with Crippen LogP contribution in [0.1, 0.15) is 23.2 Å². The van der Waals surface area contributed by atoms with Gasteiger partial charge < -0.3 is 15.4 Å². The second kappa shape index (κ2) is 6.78. The van der Waals surface area contributed by atoms with Gasteiger partial charge in [0, 0.05) is 11.6 Å². The summed E-state index contributed by atoms with van der Waals surface area (Å²) in [5.41, 5.74) is 0.486. The van der Waals surface area contributed by atoms with Crippen LogP contribution in [0.3, 0.4) is 0 Å². The minimum atomic E-state index is -0.134. The van der Waals surface area contributed by atoms with E-state index in [1.54, 1.807) is 25.3 Å². The largest absolute Gasteiger partial charge is 0.496 e. The summed E-state index contributed by atoms with van der Waals surface area (Å²) in [4.78, 5) is 12.1. The van der Waals surface area contributed by atoms with Gasteiger partial charge in [-0.1, -0.05) is 11.6 Å². The van der Waals surface area contributed by atoms with Gasteiger partial charge in [-0.25, -0.2) is 0 Å². The SMILES string of the molecule is COc1ccc(Cl)cc1C(=O)NCCC1CCNC1. The third-order valence-electron chi connectivity index (χ3n) is 3.41. The molecule has 1 saturated heterocycles. The summed E-state index contributed by atoms with van der Waals surface area (Å²) in [7, 11) is 1.55. The molecule has 0 spiro atoms. The fourth-order valence-electron chi connectivity index (χ4n) is 2.30. The number of methoxy groups -OCH3 is 1. The first-order valence-corrected chi connectivity index (χ1v) is 6.91. The maximum absolute atomic E-state index is 12.1. The van der Waals surface area contributed by atoms with Crippen LogP contribution in [0.15, 0.2) is 18.2 Å². The first-order valence-electron chi connectivity index (χ1n) is 6.53. The van der Waals surface area contributed by atoms with Gasteiger partial charge >= 0.3 is 0 Å². The standard InChI is InChI=1S/C14H19ClN2O2/c1-19-13-3-2-11(15)8-12(13)14(18)17-7-5-10-4-6-16-9-10/h2-3,8,10,16H,4-7,9H2,1H3,(H,17,18). The highest BCUT2D eigenvalue weighted by Gasteiger charge is 2.16. The zero-order chi connectivity index (χ0) is 13.7. The average molecular weight is 283 g/mol. The number of hydrogen-bond donors (Lipinski definition) is 2. The van der Waals surface area contributed by atoms with Crippen LogP contribution in [0.5, 0.6) is 5.75 Å². The smallest absolute Gasteiger partial charge is 0.255 e. The lowest BCUT2D eigenvalue weighted by Gasteiger charge is -2.11. The van der Waals surface area contributed by atoms with Gasteiger partial charge in [0.25, 0.3) is 5.91 Å². The van der Waals surface area contributed by atoms with Gasteiger partial charge in [-0.3, -0.25) is 4.79 Å². The number of amides is 1. The zero-order valence-electron chi connectivity index (χ0n) is 11.0. The molecule has 19 heavy (non-hydrogen) atoms. The van der Waals surface area contributed by atoms with Crippen molar-refractivity contribution in [1.82, 2.24) is 10.6 Å². The Balaban J connectivity index is 1.89. The van der Waals surface area contributed by atoms with E-state index < -0.39 is 0 Å². The predicted molar refractivity (Wildman–Crippen MR) is 75.9 cm³/mol. The van der Waals surface area contributed by atoms with Crippen molar-refractivity contribution in [2.24, 2.45) is 5.92 Å². The number of nitrogens with one attached hydrogen (secondary N) is 2. The summed E-state index contributed by atoms with van der Waals surface area (Å²) in [6.07, 6.45) is 2.19. The highest BCUT2D eigenvalue weighted by Crippen LogP contribution is 2.22. The van der Waals surface area contributed by atoms with Crippen LogP contribution in [0.2, 0.25) is 5.02 Å². The highest BCUT2D eigenvalue weighted by molar-refractivity contribution is 6.31. The van der Waals surface area contributed by atoms with Crippen LogP contribution in [-0.4, -0.2) is 32.7 Å². The summed E-state index contributed by atoms with van der Waals surface area (Å²) in [5.74, 6) is 1.08. The normalized spacial score (nSPS) is 18.3. The van der Waals surface area contributed by atoms with Gasteiger partial charge in [-0.15, -0.1) is 0 Å². The topological polar surface area (TPSA) is 50.4 Å². The average Bonchev–Trinajstić information content (AvgIpc) is 2.91. The molecule has 0 aromatic heterocycles. The maximum Gasteiger partial charge on any atom is 0.255 e. The predicted octanol–water partition coefficient (Wildman–Crippen LogP) is 2.08. The van der Waals surface area contributed by atoms with Crippen molar-refractivity contribution in [2.45, 2.75) is 12.8 Å². The Morgan fingerprint density at radius 1 is 1.58 bits per heavy atom. The third-order valence-corrected chi connectivity index (χ3v) is 3.64. The molecular weight excluding hydrogens is 264 g/mol. The van der Waals surface area contributed by atoms with Crippen LogP contribution in [-0.2, 0) is 0 Å². The molecule has 0 bridgehead atoms. The molecule has 2 rings (SSSR count). The fourth-order valence-corrected chi connectivity index (χ4v) is 2.48. The number of halogens is 1. The first-order chi connectivity index (χ1) is 9.20. The molecule has 1 aromatic carbocycles. The minimum Gasteiger partial charge on any atom is -0.496 e. The van der Waals surface area contributed by atoms with Crippen LogP contribution in [0.4, 0.5) is 0 Å². The van der Waals surface area contributed by atoms with Crippen LogP contribution in [0, 0.1) is 5.92 Å². The molecule has 1 heterocycles. The van der Waals surface area contributed by atoms with E-state index in [2.05, 4.69) is 10.6 Å². The molecule has 1 aliphatic rings. The van der Waals surface area contributed by atoms with E-state index in [9.17, 15) is 4.79 Å². The molecule has 1 fully saturated rings. The van der Waals surface area contributed by atoms with E-state index in [1.807, 2.05) is 0 Å². The van der Waals surface area contributed by atoms with Crippen molar-refractivity contribution in [3.63, 3.8) is 0 Å². The Bertz CT molecular complexity index is 445. The van der Waals surface area contributed by atoms with E-state index in [0.29, 0.717) is 28.8 Å². The van der Waals surface area contributed by atoms with E-state index >= 15 is 0 Å². The Labute approximate surface area is 118 Å². The van der Waals surface area contributed by atoms with Crippen molar-refractivity contribution in [3.05, 3.63) is 28.8 Å². The van der Waals surface area contributed by atoms with Gasteiger partial charge in [0.05, 0.1) is 12.7 Å². The number of carbonyl (C=O) groups excluding carboxylic acids is 1. The Hall–Kier alpha value is -1.26. The highest BCUT2D eigenvalue weighted by atomic mass is 35.5. The van der Waals surface area contributed by atoms with Crippen molar-refractivity contribution >= 4 is 17.5 Å². The summed E-state index contributed by atoms with van der Waals surface area (Å²) in [6.45, 7) is 2.82. The second-order valence-electron chi connectivity index (χ2n) is 4.75. The Morgan fingerprint density at radius 2 is 2.42 bits per heavy atom. The molecular formula is C14H19ClN2O2. The van der Waals surface area contributed by atoms with Gasteiger partial charge in [-0.2, -0.15) is 0 Å². The molecule has 2 N–H and O–H groups in total. The molecule has 1 atom stereocenters. The molecule has 1 aromatic rings. The lowest BCUT2D eigenvalue weighted by molar-refractivity contribution is 0.0948. The van der Waals surface area contributed by atoms with Crippen LogP contribution >= 0.6 is 11.6 Å². The van der Waals surface area contributed by atoms with Crippen molar-refractivity contribution in [2.75, 3.05) is 26.7 Å². The monoisotopic (exact) mass is 282 g/mol. The van der Waals surface area contributed by atoms with Crippen LogP contribution < -0.4 is 15.4 Å². The number of rotatable bonds is 5. The van der Waals surface area contributed by atoms with E-state index in [4.69, 9.17) is 16.3 Å². The Kier molecular flexibility index (Phi) is 5.05. The van der Waals surface area contributed by atoms with Crippen molar-refractivity contribution < 1.29 is 9.53 Å². The van der Waals surface area contributed by atoms with Gasteiger partial charge in [0.15, 0.2) is 0 Å². The summed E-state index contributed by atoms with van der Waals surface area (Å²) in [6, 6.07) is 5.05. The second-order valence-corrected chi connectivity index (χ2v) is 5.18. The van der Waals surface area contributed by atoms with E-state index in [-0.39, 0.29) is 5.91 Å². The van der Waals surface area contributed by atoms with Gasteiger partial charge in [0.2, 0.25) is 0 Å². The van der Waals surface area contributed by atoms with Crippen molar-refractivity contribution in [3.8, 4) is 5.75 Å². The molecule has 0 saturated carbocycles.